The van der Waals surface area contributed by atoms with E-state index >= 15 is 0 Å². The lowest BCUT2D eigenvalue weighted by molar-refractivity contribution is -0.148. The zero-order chi connectivity index (χ0) is 17.4. The second-order valence-corrected chi connectivity index (χ2v) is 6.23. The number of hydrogen-bond acceptors (Lipinski definition) is 4. The molecule has 0 fully saturated rings. The van der Waals surface area contributed by atoms with Crippen LogP contribution in [0.2, 0.25) is 0 Å². The fourth-order valence-electron chi connectivity index (χ4n) is 1.88. The number of aliphatic carboxylic acids is 1. The van der Waals surface area contributed by atoms with Crippen LogP contribution >= 0.6 is 11.8 Å². The molecule has 0 saturated carbocycles. The third-order valence-corrected chi connectivity index (χ3v) is 4.25. The maximum Gasteiger partial charge on any atom is 0.326 e. The summed E-state index contributed by atoms with van der Waals surface area (Å²) in [4.78, 5) is 36.6. The molecule has 0 aliphatic heterocycles. The minimum Gasteiger partial charge on any atom is -0.480 e. The van der Waals surface area contributed by atoms with Crippen LogP contribution in [0.1, 0.15) is 19.4 Å². The molecule has 2 N–H and O–H groups in total. The third kappa shape index (κ3) is 6.73. The minimum absolute atomic E-state index is 0.154. The summed E-state index contributed by atoms with van der Waals surface area (Å²) in [6.07, 6.45) is 0. The van der Waals surface area contributed by atoms with Crippen LogP contribution in [-0.2, 0) is 14.4 Å². The molecule has 1 aromatic carbocycles. The zero-order valence-corrected chi connectivity index (χ0v) is 14.4. The summed E-state index contributed by atoms with van der Waals surface area (Å²) in [5.41, 5.74) is 1.14. The van der Waals surface area contributed by atoms with Crippen LogP contribution in [0.25, 0.3) is 0 Å². The van der Waals surface area contributed by atoms with Gasteiger partial charge in [0.2, 0.25) is 11.8 Å². The van der Waals surface area contributed by atoms with Crippen LogP contribution in [0.15, 0.2) is 29.2 Å². The molecule has 1 aromatic rings. The van der Waals surface area contributed by atoms with Crippen LogP contribution in [0.4, 0.5) is 0 Å². The van der Waals surface area contributed by atoms with E-state index in [1.54, 1.807) is 0 Å². The van der Waals surface area contributed by atoms with Gasteiger partial charge in [-0.1, -0.05) is 17.7 Å². The molecular weight excluding hydrogens is 316 g/mol. The first-order valence-corrected chi connectivity index (χ1v) is 8.26. The number of carboxylic acid groups (broad SMARTS) is 1. The first-order chi connectivity index (χ1) is 10.8. The number of carbonyl (C=O) groups excluding carboxylic acids is 2. The molecule has 0 bridgehead atoms. The smallest absolute Gasteiger partial charge is 0.326 e. The molecule has 0 radical (unpaired) electrons. The Morgan fingerprint density at radius 3 is 2.39 bits per heavy atom. The summed E-state index contributed by atoms with van der Waals surface area (Å²) < 4.78 is 0. The summed E-state index contributed by atoms with van der Waals surface area (Å²) in [6, 6.07) is 6.84. The van der Waals surface area contributed by atoms with Crippen LogP contribution < -0.4 is 5.32 Å². The predicted octanol–water partition coefficient (Wildman–Crippen LogP) is 1.52. The second-order valence-electron chi connectivity index (χ2n) is 5.19. The van der Waals surface area contributed by atoms with E-state index in [0.717, 1.165) is 10.5 Å². The van der Waals surface area contributed by atoms with Gasteiger partial charge in [0.25, 0.3) is 0 Å². The highest BCUT2D eigenvalue weighted by Gasteiger charge is 2.25. The number of aryl methyl sites for hydroxylation is 1. The molecule has 0 aromatic heterocycles. The number of nitrogens with one attached hydrogen (secondary N) is 1. The van der Waals surface area contributed by atoms with Gasteiger partial charge in [0, 0.05) is 24.9 Å². The van der Waals surface area contributed by atoms with E-state index in [-0.39, 0.29) is 30.7 Å². The van der Waals surface area contributed by atoms with Gasteiger partial charge in [0.1, 0.15) is 6.04 Å². The molecule has 0 spiro atoms. The molecule has 7 heteroatoms. The molecule has 6 nitrogen and oxygen atoms in total. The molecule has 23 heavy (non-hydrogen) atoms. The lowest BCUT2D eigenvalue weighted by Gasteiger charge is -2.26. The molecule has 0 heterocycles. The summed E-state index contributed by atoms with van der Waals surface area (Å²) >= 11 is 1.36. The van der Waals surface area contributed by atoms with Gasteiger partial charge in [-0.2, -0.15) is 0 Å². The van der Waals surface area contributed by atoms with Crippen molar-refractivity contribution in [2.75, 3.05) is 18.8 Å². The number of thioether (sulfide) groups is 1. The number of carbonyl (C=O) groups is 3. The van der Waals surface area contributed by atoms with Crippen LogP contribution in [-0.4, -0.2) is 52.7 Å². The Morgan fingerprint density at radius 1 is 1.26 bits per heavy atom. The third-order valence-electron chi connectivity index (χ3n) is 3.26. The normalized spacial score (nSPS) is 11.6. The molecule has 1 atom stereocenters. The molecule has 0 aliphatic rings. The first-order valence-electron chi connectivity index (χ1n) is 7.27. The molecule has 0 aliphatic carbocycles. The maximum atomic E-state index is 12.3. The standard InChI is InChI=1S/C16H22N2O4S/c1-11-4-6-14(7-5-11)23-10-15(20)18(12(2)16(21)22)9-8-17-13(3)19/h4-7,12H,8-10H2,1-3H3,(H,17,19)(H,21,22). The van der Waals surface area contributed by atoms with Gasteiger partial charge >= 0.3 is 5.97 Å². The molecule has 2 amide bonds. The van der Waals surface area contributed by atoms with E-state index < -0.39 is 12.0 Å². The molecular formula is C16H22N2O4S. The molecule has 126 valence electrons. The van der Waals surface area contributed by atoms with E-state index in [4.69, 9.17) is 5.11 Å². The van der Waals surface area contributed by atoms with Crippen LogP contribution in [0.5, 0.6) is 0 Å². The lowest BCUT2D eigenvalue weighted by Crippen LogP contribution is -2.47. The molecule has 0 saturated heterocycles. The van der Waals surface area contributed by atoms with E-state index in [1.807, 2.05) is 31.2 Å². The monoisotopic (exact) mass is 338 g/mol. The molecule has 1 rings (SSSR count). The van der Waals surface area contributed by atoms with Crippen molar-refractivity contribution in [1.29, 1.82) is 0 Å². The van der Waals surface area contributed by atoms with Gasteiger partial charge in [-0.05, 0) is 26.0 Å². The Morgan fingerprint density at radius 2 is 1.87 bits per heavy atom. The largest absolute Gasteiger partial charge is 0.480 e. The fraction of sp³-hybridized carbons (Fsp3) is 0.438. The van der Waals surface area contributed by atoms with Crippen LogP contribution in [0, 0.1) is 6.92 Å². The quantitative estimate of drug-likeness (QED) is 0.702. The average molecular weight is 338 g/mol. The number of nitrogens with zero attached hydrogens (tertiary/aromatic N) is 1. The minimum atomic E-state index is -1.07. The summed E-state index contributed by atoms with van der Waals surface area (Å²) in [5, 5.41) is 11.7. The Bertz CT molecular complexity index is 560. The van der Waals surface area contributed by atoms with Gasteiger partial charge in [-0.15, -0.1) is 11.8 Å². The number of carboxylic acids is 1. The average Bonchev–Trinajstić information content (AvgIpc) is 2.49. The SMILES string of the molecule is CC(=O)NCCN(C(=O)CSc1ccc(C)cc1)C(C)C(=O)O. The Labute approximate surface area is 140 Å². The highest BCUT2D eigenvalue weighted by atomic mass is 32.2. The zero-order valence-electron chi connectivity index (χ0n) is 13.5. The number of rotatable bonds is 8. The van der Waals surface area contributed by atoms with Gasteiger partial charge in [-0.3, -0.25) is 9.59 Å². The Hall–Kier alpha value is -2.02. The van der Waals surface area contributed by atoms with Crippen molar-refractivity contribution >= 4 is 29.5 Å². The first kappa shape index (κ1) is 19.0. The summed E-state index contributed by atoms with van der Waals surface area (Å²) in [7, 11) is 0. The maximum absolute atomic E-state index is 12.3. The summed E-state index contributed by atoms with van der Waals surface area (Å²) in [6.45, 7) is 5.22. The van der Waals surface area contributed by atoms with E-state index in [9.17, 15) is 14.4 Å². The van der Waals surface area contributed by atoms with Crippen molar-refractivity contribution in [1.82, 2.24) is 10.2 Å². The predicted molar refractivity (Wildman–Crippen MR) is 89.4 cm³/mol. The van der Waals surface area contributed by atoms with Crippen molar-refractivity contribution in [3.63, 3.8) is 0 Å². The van der Waals surface area contributed by atoms with Crippen molar-refractivity contribution in [2.45, 2.75) is 31.7 Å². The van der Waals surface area contributed by atoms with E-state index in [2.05, 4.69) is 5.32 Å². The molecule has 1 unspecified atom stereocenters. The van der Waals surface area contributed by atoms with Crippen molar-refractivity contribution in [2.24, 2.45) is 0 Å². The Balaban J connectivity index is 2.64. The fourth-order valence-corrected chi connectivity index (χ4v) is 2.67. The van der Waals surface area contributed by atoms with Crippen LogP contribution in [0.3, 0.4) is 0 Å². The number of benzene rings is 1. The van der Waals surface area contributed by atoms with Crippen molar-refractivity contribution < 1.29 is 19.5 Å². The second kappa shape index (κ2) is 9.19. The lowest BCUT2D eigenvalue weighted by atomic mass is 10.2. The van der Waals surface area contributed by atoms with Gasteiger partial charge in [0.15, 0.2) is 0 Å². The van der Waals surface area contributed by atoms with Crippen molar-refractivity contribution in [3.05, 3.63) is 29.8 Å². The summed E-state index contributed by atoms with van der Waals surface area (Å²) in [5.74, 6) is -1.40. The highest BCUT2D eigenvalue weighted by Crippen LogP contribution is 2.19. The van der Waals surface area contributed by atoms with Crippen molar-refractivity contribution in [3.8, 4) is 0 Å². The Kier molecular flexibility index (Phi) is 7.61. The number of amides is 2. The van der Waals surface area contributed by atoms with Gasteiger partial charge in [-0.25, -0.2) is 4.79 Å². The van der Waals surface area contributed by atoms with E-state index in [0.29, 0.717) is 0 Å². The van der Waals surface area contributed by atoms with Gasteiger partial charge in [0.05, 0.1) is 5.75 Å². The van der Waals surface area contributed by atoms with Gasteiger partial charge < -0.3 is 15.3 Å². The highest BCUT2D eigenvalue weighted by molar-refractivity contribution is 8.00. The topological polar surface area (TPSA) is 86.7 Å². The van der Waals surface area contributed by atoms with E-state index in [1.165, 1.54) is 30.5 Å². The number of hydrogen-bond donors (Lipinski definition) is 2.